The van der Waals surface area contributed by atoms with Crippen molar-refractivity contribution in [1.29, 1.82) is 0 Å². The summed E-state index contributed by atoms with van der Waals surface area (Å²) in [6.45, 7) is 11.0. The molecule has 1 aromatic heterocycles. The number of methoxy groups -OCH3 is 1. The van der Waals surface area contributed by atoms with Crippen LogP contribution in [0, 0.1) is 24.2 Å². The normalized spacial score (nSPS) is 23.2. The van der Waals surface area contributed by atoms with Crippen molar-refractivity contribution in [1.82, 2.24) is 5.32 Å². The highest BCUT2D eigenvalue weighted by molar-refractivity contribution is 5.84. The average molecular weight is 319 g/mol. The van der Waals surface area contributed by atoms with Gasteiger partial charge in [0.25, 0.3) is 0 Å². The van der Waals surface area contributed by atoms with Gasteiger partial charge in [-0.15, -0.1) is 0 Å². The number of carbonyl (C=O) groups is 1. The standard InChI is InChI=1S/C19H29NO3/c1-12(2)11-14-17(19(14,4)5)18(21)20-15(9-10-22-6)16-8-7-13(3)23-16/h7-8,11,14-15,17H,9-10H2,1-6H3,(H,20,21). The summed E-state index contributed by atoms with van der Waals surface area (Å²) in [5.41, 5.74) is 1.28. The van der Waals surface area contributed by atoms with E-state index < -0.39 is 0 Å². The van der Waals surface area contributed by atoms with E-state index in [0.717, 1.165) is 11.5 Å². The fourth-order valence-corrected chi connectivity index (χ4v) is 3.27. The summed E-state index contributed by atoms with van der Waals surface area (Å²) in [5.74, 6) is 2.09. The lowest BCUT2D eigenvalue weighted by atomic mass is 10.1. The monoisotopic (exact) mass is 319 g/mol. The Morgan fingerprint density at radius 2 is 2.13 bits per heavy atom. The van der Waals surface area contributed by atoms with Gasteiger partial charge in [0.15, 0.2) is 0 Å². The van der Waals surface area contributed by atoms with Crippen molar-refractivity contribution < 1.29 is 13.9 Å². The predicted octanol–water partition coefficient (Wildman–Crippen LogP) is 4.02. The van der Waals surface area contributed by atoms with E-state index >= 15 is 0 Å². The highest BCUT2D eigenvalue weighted by atomic mass is 16.5. The molecule has 0 spiro atoms. The van der Waals surface area contributed by atoms with Gasteiger partial charge in [0, 0.05) is 13.7 Å². The number of carbonyl (C=O) groups excluding carboxylic acids is 1. The Kier molecular flexibility index (Phi) is 5.35. The number of aryl methyl sites for hydroxylation is 1. The van der Waals surface area contributed by atoms with Crippen LogP contribution < -0.4 is 5.32 Å². The number of amides is 1. The van der Waals surface area contributed by atoms with Crippen LogP contribution in [0.5, 0.6) is 0 Å². The maximum Gasteiger partial charge on any atom is 0.224 e. The van der Waals surface area contributed by atoms with E-state index in [1.165, 1.54) is 5.57 Å². The van der Waals surface area contributed by atoms with Crippen molar-refractivity contribution in [3.05, 3.63) is 35.3 Å². The predicted molar refractivity (Wildman–Crippen MR) is 91.0 cm³/mol. The first-order valence-electron chi connectivity index (χ1n) is 8.28. The molecule has 0 radical (unpaired) electrons. The summed E-state index contributed by atoms with van der Waals surface area (Å²) >= 11 is 0. The highest BCUT2D eigenvalue weighted by Gasteiger charge is 2.60. The maximum absolute atomic E-state index is 12.7. The molecule has 1 amide bonds. The van der Waals surface area contributed by atoms with E-state index in [0.29, 0.717) is 18.9 Å². The number of hydrogen-bond acceptors (Lipinski definition) is 3. The Bertz CT molecular complexity index is 581. The first kappa shape index (κ1) is 17.8. The van der Waals surface area contributed by atoms with Crippen LogP contribution in [0.4, 0.5) is 0 Å². The Labute approximate surface area is 139 Å². The zero-order chi connectivity index (χ0) is 17.2. The molecule has 4 nitrogen and oxygen atoms in total. The Morgan fingerprint density at radius 3 is 2.65 bits per heavy atom. The molecule has 1 saturated carbocycles. The van der Waals surface area contributed by atoms with Crippen molar-refractivity contribution in [2.24, 2.45) is 17.3 Å². The van der Waals surface area contributed by atoms with Crippen LogP contribution >= 0.6 is 0 Å². The third-order valence-electron chi connectivity index (χ3n) is 4.74. The number of furan rings is 1. The number of rotatable bonds is 7. The Hall–Kier alpha value is -1.55. The summed E-state index contributed by atoms with van der Waals surface area (Å²) in [6.07, 6.45) is 2.92. The van der Waals surface area contributed by atoms with E-state index in [4.69, 9.17) is 9.15 Å². The first-order chi connectivity index (χ1) is 10.8. The van der Waals surface area contributed by atoms with Gasteiger partial charge >= 0.3 is 0 Å². The van der Waals surface area contributed by atoms with E-state index in [-0.39, 0.29) is 23.3 Å². The van der Waals surface area contributed by atoms with Crippen LogP contribution in [0.2, 0.25) is 0 Å². The van der Waals surface area contributed by atoms with Gasteiger partial charge < -0.3 is 14.5 Å². The zero-order valence-electron chi connectivity index (χ0n) is 15.1. The summed E-state index contributed by atoms with van der Waals surface area (Å²) in [6, 6.07) is 3.72. The van der Waals surface area contributed by atoms with Crippen molar-refractivity contribution in [3.8, 4) is 0 Å². The van der Waals surface area contributed by atoms with Gasteiger partial charge in [-0.25, -0.2) is 0 Å². The molecule has 0 bridgehead atoms. The molecular formula is C19H29NO3. The third kappa shape index (κ3) is 4.05. The van der Waals surface area contributed by atoms with Crippen LogP contribution in [0.3, 0.4) is 0 Å². The van der Waals surface area contributed by atoms with E-state index in [2.05, 4.69) is 39.1 Å². The zero-order valence-corrected chi connectivity index (χ0v) is 15.1. The second-order valence-corrected chi connectivity index (χ2v) is 7.36. The second kappa shape index (κ2) is 6.91. The smallest absolute Gasteiger partial charge is 0.224 e. The van der Waals surface area contributed by atoms with E-state index in [1.807, 2.05) is 19.1 Å². The number of hydrogen-bond donors (Lipinski definition) is 1. The minimum absolute atomic E-state index is 0.0201. The molecular weight excluding hydrogens is 290 g/mol. The summed E-state index contributed by atoms with van der Waals surface area (Å²) in [7, 11) is 1.67. The Balaban J connectivity index is 2.08. The van der Waals surface area contributed by atoms with Crippen LogP contribution in [0.25, 0.3) is 0 Å². The number of allylic oxidation sites excluding steroid dienone is 2. The molecule has 4 heteroatoms. The number of nitrogens with one attached hydrogen (secondary N) is 1. The largest absolute Gasteiger partial charge is 0.464 e. The molecule has 128 valence electrons. The first-order valence-corrected chi connectivity index (χ1v) is 8.28. The maximum atomic E-state index is 12.7. The summed E-state index contributed by atoms with van der Waals surface area (Å²) < 4.78 is 10.9. The molecule has 0 aromatic carbocycles. The minimum Gasteiger partial charge on any atom is -0.464 e. The van der Waals surface area contributed by atoms with Crippen LogP contribution in [0.15, 0.2) is 28.2 Å². The molecule has 2 rings (SSSR count). The highest BCUT2D eigenvalue weighted by Crippen LogP contribution is 2.59. The SMILES string of the molecule is COCCC(NC(=O)C1C(C=C(C)C)C1(C)C)c1ccc(C)o1. The average Bonchev–Trinajstić information content (AvgIpc) is 2.80. The van der Waals surface area contributed by atoms with Gasteiger partial charge in [-0.2, -0.15) is 0 Å². The fourth-order valence-electron chi connectivity index (χ4n) is 3.27. The molecule has 1 fully saturated rings. The third-order valence-corrected chi connectivity index (χ3v) is 4.74. The van der Waals surface area contributed by atoms with Crippen molar-refractivity contribution >= 4 is 5.91 Å². The lowest BCUT2D eigenvalue weighted by molar-refractivity contribution is -0.124. The molecule has 1 aromatic rings. The van der Waals surface area contributed by atoms with Crippen molar-refractivity contribution in [2.45, 2.75) is 47.1 Å². The molecule has 0 aliphatic heterocycles. The molecule has 1 N–H and O–H groups in total. The second-order valence-electron chi connectivity index (χ2n) is 7.36. The van der Waals surface area contributed by atoms with E-state index in [9.17, 15) is 4.79 Å². The van der Waals surface area contributed by atoms with Crippen LogP contribution in [-0.4, -0.2) is 19.6 Å². The summed E-state index contributed by atoms with van der Waals surface area (Å²) in [5, 5.41) is 3.16. The molecule has 1 heterocycles. The molecule has 23 heavy (non-hydrogen) atoms. The summed E-state index contributed by atoms with van der Waals surface area (Å²) in [4.78, 5) is 12.7. The quantitative estimate of drug-likeness (QED) is 0.772. The van der Waals surface area contributed by atoms with Gasteiger partial charge in [0.2, 0.25) is 5.91 Å². The van der Waals surface area contributed by atoms with Gasteiger partial charge in [-0.3, -0.25) is 4.79 Å². The molecule has 1 aliphatic carbocycles. The minimum atomic E-state index is -0.139. The van der Waals surface area contributed by atoms with Crippen LogP contribution in [0.1, 0.15) is 51.7 Å². The van der Waals surface area contributed by atoms with Crippen molar-refractivity contribution in [3.63, 3.8) is 0 Å². The van der Waals surface area contributed by atoms with Gasteiger partial charge in [0.1, 0.15) is 11.5 Å². The topological polar surface area (TPSA) is 51.5 Å². The number of ether oxygens (including phenoxy) is 1. The van der Waals surface area contributed by atoms with Gasteiger partial charge in [-0.05, 0) is 50.7 Å². The van der Waals surface area contributed by atoms with Gasteiger partial charge in [-0.1, -0.05) is 25.5 Å². The molecule has 3 unspecified atom stereocenters. The van der Waals surface area contributed by atoms with E-state index in [1.54, 1.807) is 7.11 Å². The molecule has 0 saturated heterocycles. The van der Waals surface area contributed by atoms with Crippen molar-refractivity contribution in [2.75, 3.05) is 13.7 Å². The lowest BCUT2D eigenvalue weighted by Crippen LogP contribution is -2.31. The van der Waals surface area contributed by atoms with Crippen LogP contribution in [-0.2, 0) is 9.53 Å². The molecule has 3 atom stereocenters. The van der Waals surface area contributed by atoms with Gasteiger partial charge in [0.05, 0.1) is 12.0 Å². The molecule has 1 aliphatic rings. The fraction of sp³-hybridized carbons (Fsp3) is 0.632. The Morgan fingerprint density at radius 1 is 1.43 bits per heavy atom. The lowest BCUT2D eigenvalue weighted by Gasteiger charge is -2.17.